The first-order chi connectivity index (χ1) is 12.2. The number of nitrogens with zero attached hydrogens (tertiary/aromatic N) is 1. The van der Waals surface area contributed by atoms with E-state index in [9.17, 15) is 9.59 Å². The van der Waals surface area contributed by atoms with Crippen LogP contribution in [0.25, 0.3) is 0 Å². The smallest absolute Gasteiger partial charge is 0.227 e. The molecule has 2 heterocycles. The van der Waals surface area contributed by atoms with Gasteiger partial charge in [-0.05, 0) is 24.3 Å². The second kappa shape index (κ2) is 8.31. The van der Waals surface area contributed by atoms with Crippen molar-refractivity contribution in [1.82, 2.24) is 5.32 Å². The number of benzene rings is 1. The molecule has 0 bridgehead atoms. The van der Waals surface area contributed by atoms with Gasteiger partial charge in [-0.3, -0.25) is 9.59 Å². The zero-order chi connectivity index (χ0) is 17.6. The lowest BCUT2D eigenvalue weighted by molar-refractivity contribution is -0.906. The molecular weight excluding hydrogens is 322 g/mol. The fourth-order valence-electron chi connectivity index (χ4n) is 3.31. The summed E-state index contributed by atoms with van der Waals surface area (Å²) >= 11 is 0. The number of anilines is 1. The van der Waals surface area contributed by atoms with Crippen molar-refractivity contribution in [1.29, 1.82) is 0 Å². The van der Waals surface area contributed by atoms with Crippen molar-refractivity contribution in [3.05, 3.63) is 24.3 Å². The van der Waals surface area contributed by atoms with Crippen LogP contribution in [0.15, 0.2) is 24.3 Å². The molecule has 25 heavy (non-hydrogen) atoms. The molecule has 1 atom stereocenters. The molecule has 0 spiro atoms. The first-order valence-corrected chi connectivity index (χ1v) is 8.81. The van der Waals surface area contributed by atoms with E-state index in [-0.39, 0.29) is 24.2 Å². The highest BCUT2D eigenvalue weighted by molar-refractivity contribution is 6.00. The normalized spacial score (nSPS) is 21.4. The Balaban J connectivity index is 1.48. The molecule has 3 rings (SSSR count). The maximum atomic E-state index is 12.4. The number of methoxy groups -OCH3 is 1. The number of morpholine rings is 1. The molecule has 2 N–H and O–H groups in total. The molecule has 2 aliphatic rings. The first kappa shape index (κ1) is 17.7. The standard InChI is InChI=1S/C18H25N3O4/c1-24-16-4-2-15(3-5-16)21-13-14(12-17(21)22)18(23)19-6-7-20-8-10-25-11-9-20/h2-5,14H,6-13H2,1H3,(H,19,23)/p+1/t14-/m0/s1. The number of nitrogens with one attached hydrogen (secondary N) is 2. The maximum absolute atomic E-state index is 12.4. The summed E-state index contributed by atoms with van der Waals surface area (Å²) in [6.07, 6.45) is 0.266. The minimum Gasteiger partial charge on any atom is -0.497 e. The van der Waals surface area contributed by atoms with Crippen LogP contribution in [0.1, 0.15) is 6.42 Å². The fourth-order valence-corrected chi connectivity index (χ4v) is 3.31. The van der Waals surface area contributed by atoms with Gasteiger partial charge >= 0.3 is 0 Å². The lowest BCUT2D eigenvalue weighted by atomic mass is 10.1. The molecule has 7 heteroatoms. The molecule has 0 radical (unpaired) electrons. The van der Waals surface area contributed by atoms with Crippen molar-refractivity contribution in [2.75, 3.05) is 57.9 Å². The van der Waals surface area contributed by atoms with Gasteiger partial charge < -0.3 is 24.6 Å². The third-order valence-corrected chi connectivity index (χ3v) is 4.86. The minimum absolute atomic E-state index is 0.0101. The number of amides is 2. The van der Waals surface area contributed by atoms with Crippen molar-refractivity contribution >= 4 is 17.5 Å². The lowest BCUT2D eigenvalue weighted by Crippen LogP contribution is -3.14. The number of rotatable bonds is 6. The van der Waals surface area contributed by atoms with E-state index in [1.165, 1.54) is 4.90 Å². The van der Waals surface area contributed by atoms with E-state index in [0.717, 1.165) is 44.3 Å². The average Bonchev–Trinajstić information content (AvgIpc) is 3.04. The van der Waals surface area contributed by atoms with Crippen LogP contribution in [0, 0.1) is 5.92 Å². The third-order valence-electron chi connectivity index (χ3n) is 4.86. The molecule has 2 saturated heterocycles. The number of ether oxygens (including phenoxy) is 2. The topological polar surface area (TPSA) is 72.3 Å². The summed E-state index contributed by atoms with van der Waals surface area (Å²) in [7, 11) is 1.61. The molecule has 2 fully saturated rings. The molecule has 7 nitrogen and oxygen atoms in total. The van der Waals surface area contributed by atoms with Crippen LogP contribution in [0.3, 0.4) is 0 Å². The second-order valence-electron chi connectivity index (χ2n) is 6.51. The predicted molar refractivity (Wildman–Crippen MR) is 92.8 cm³/mol. The van der Waals surface area contributed by atoms with Crippen molar-refractivity contribution < 1.29 is 24.0 Å². The molecule has 1 aromatic rings. The van der Waals surface area contributed by atoms with Gasteiger partial charge in [0.05, 0.1) is 39.3 Å². The molecule has 1 aromatic carbocycles. The highest BCUT2D eigenvalue weighted by atomic mass is 16.5. The van der Waals surface area contributed by atoms with Crippen LogP contribution in [0.5, 0.6) is 5.75 Å². The van der Waals surface area contributed by atoms with Crippen LogP contribution in [-0.2, 0) is 14.3 Å². The van der Waals surface area contributed by atoms with Gasteiger partial charge in [0, 0.05) is 18.7 Å². The van der Waals surface area contributed by atoms with Crippen molar-refractivity contribution in [2.24, 2.45) is 5.92 Å². The first-order valence-electron chi connectivity index (χ1n) is 8.81. The van der Waals surface area contributed by atoms with Gasteiger partial charge in [0.2, 0.25) is 11.8 Å². The Labute approximate surface area is 147 Å². The van der Waals surface area contributed by atoms with Gasteiger partial charge in [-0.1, -0.05) is 0 Å². The van der Waals surface area contributed by atoms with E-state index < -0.39 is 0 Å². The Hall–Kier alpha value is -2.12. The van der Waals surface area contributed by atoms with Gasteiger partial charge in [-0.15, -0.1) is 0 Å². The van der Waals surface area contributed by atoms with E-state index in [0.29, 0.717) is 13.1 Å². The SMILES string of the molecule is COc1ccc(N2C[C@@H](C(=O)NCC[NH+]3CCOCC3)CC2=O)cc1. The van der Waals surface area contributed by atoms with Gasteiger partial charge in [-0.25, -0.2) is 0 Å². The number of hydrogen-bond acceptors (Lipinski definition) is 4. The Bertz CT molecular complexity index is 599. The Morgan fingerprint density at radius 2 is 2.04 bits per heavy atom. The summed E-state index contributed by atoms with van der Waals surface area (Å²) < 4.78 is 10.5. The molecule has 0 saturated carbocycles. The van der Waals surface area contributed by atoms with E-state index in [1.807, 2.05) is 24.3 Å². The van der Waals surface area contributed by atoms with Crippen LogP contribution < -0.4 is 19.9 Å². The number of carbonyl (C=O) groups is 2. The van der Waals surface area contributed by atoms with Crippen molar-refractivity contribution in [2.45, 2.75) is 6.42 Å². The van der Waals surface area contributed by atoms with E-state index >= 15 is 0 Å². The van der Waals surface area contributed by atoms with Crippen LogP contribution >= 0.6 is 0 Å². The van der Waals surface area contributed by atoms with Crippen LogP contribution in [-0.4, -0.2) is 64.9 Å². The number of quaternary nitrogens is 1. The molecule has 0 aliphatic carbocycles. The summed E-state index contributed by atoms with van der Waals surface area (Å²) in [6.45, 7) is 5.53. The van der Waals surface area contributed by atoms with Crippen molar-refractivity contribution in [3.63, 3.8) is 0 Å². The molecule has 2 amide bonds. The third kappa shape index (κ3) is 4.49. The summed E-state index contributed by atoms with van der Waals surface area (Å²) in [5.41, 5.74) is 0.805. The van der Waals surface area contributed by atoms with Crippen LogP contribution in [0.2, 0.25) is 0 Å². The molecule has 2 aliphatic heterocycles. The number of carbonyl (C=O) groups excluding carboxylic acids is 2. The zero-order valence-electron chi connectivity index (χ0n) is 14.6. The quantitative estimate of drug-likeness (QED) is 0.698. The van der Waals surface area contributed by atoms with Crippen molar-refractivity contribution in [3.8, 4) is 5.75 Å². The summed E-state index contributed by atoms with van der Waals surface area (Å²) in [5.74, 6) is 0.422. The van der Waals surface area contributed by atoms with E-state index in [2.05, 4.69) is 5.32 Å². The Kier molecular flexibility index (Phi) is 5.88. The van der Waals surface area contributed by atoms with Gasteiger partial charge in [-0.2, -0.15) is 0 Å². The Morgan fingerprint density at radius 1 is 1.32 bits per heavy atom. The predicted octanol–water partition coefficient (Wildman–Crippen LogP) is -0.921. The highest BCUT2D eigenvalue weighted by Crippen LogP contribution is 2.26. The largest absolute Gasteiger partial charge is 0.497 e. The molecule has 136 valence electrons. The van der Waals surface area contributed by atoms with Gasteiger partial charge in [0.1, 0.15) is 18.8 Å². The molecular formula is C18H26N3O4+. The number of hydrogen-bond donors (Lipinski definition) is 2. The second-order valence-corrected chi connectivity index (χ2v) is 6.51. The Morgan fingerprint density at radius 3 is 2.72 bits per heavy atom. The molecule has 0 unspecified atom stereocenters. The van der Waals surface area contributed by atoms with E-state index in [4.69, 9.17) is 9.47 Å². The van der Waals surface area contributed by atoms with E-state index in [1.54, 1.807) is 12.0 Å². The van der Waals surface area contributed by atoms with Crippen LogP contribution in [0.4, 0.5) is 5.69 Å². The highest BCUT2D eigenvalue weighted by Gasteiger charge is 2.35. The minimum atomic E-state index is -0.283. The van der Waals surface area contributed by atoms with Gasteiger partial charge in [0.25, 0.3) is 0 Å². The fraction of sp³-hybridized carbons (Fsp3) is 0.556. The van der Waals surface area contributed by atoms with Gasteiger partial charge in [0.15, 0.2) is 0 Å². The monoisotopic (exact) mass is 348 g/mol. The maximum Gasteiger partial charge on any atom is 0.227 e. The lowest BCUT2D eigenvalue weighted by Gasteiger charge is -2.24. The zero-order valence-corrected chi connectivity index (χ0v) is 14.6. The summed E-state index contributed by atoms with van der Waals surface area (Å²) in [4.78, 5) is 27.8. The summed E-state index contributed by atoms with van der Waals surface area (Å²) in [5, 5.41) is 2.98. The molecule has 0 aromatic heterocycles. The summed E-state index contributed by atoms with van der Waals surface area (Å²) in [6, 6.07) is 7.33. The average molecular weight is 348 g/mol.